The normalized spacial score (nSPS) is 12.0. The van der Waals surface area contributed by atoms with Crippen molar-refractivity contribution in [2.75, 3.05) is 5.32 Å². The summed E-state index contributed by atoms with van der Waals surface area (Å²) in [5.41, 5.74) is 2.51. The first-order valence-corrected chi connectivity index (χ1v) is 13.0. The molecule has 5 rings (SSSR count). The third-order valence-electron chi connectivity index (χ3n) is 5.37. The first kappa shape index (κ1) is 23.4. The Labute approximate surface area is 209 Å². The van der Waals surface area contributed by atoms with Gasteiger partial charge in [-0.3, -0.25) is 0 Å². The molecule has 0 aliphatic carbocycles. The van der Waals surface area contributed by atoms with Gasteiger partial charge in [-0.2, -0.15) is 0 Å². The summed E-state index contributed by atoms with van der Waals surface area (Å²) in [5, 5.41) is 11.4. The Balaban J connectivity index is 1.56. The Kier molecular flexibility index (Phi) is 6.83. The molecule has 0 bridgehead atoms. The molecule has 1 heterocycles. The Morgan fingerprint density at radius 2 is 1.25 bits per heavy atom. The highest BCUT2D eigenvalue weighted by atomic mass is 31.2. The quantitative estimate of drug-likeness (QED) is 0.211. The van der Waals surface area contributed by atoms with Gasteiger partial charge in [0.2, 0.25) is 5.89 Å². The van der Waals surface area contributed by atoms with Gasteiger partial charge in [0.25, 0.3) is 0 Å². The summed E-state index contributed by atoms with van der Waals surface area (Å²) < 4.78 is 32.7. The van der Waals surface area contributed by atoms with Crippen molar-refractivity contribution >= 4 is 13.6 Å². The topological polar surface area (TPSA) is 86.5 Å². The monoisotopic (exact) mass is 497 g/mol. The molecule has 0 radical (unpaired) electrons. The van der Waals surface area contributed by atoms with E-state index in [2.05, 4.69) is 15.5 Å². The van der Waals surface area contributed by atoms with Crippen molar-refractivity contribution in [1.82, 2.24) is 10.2 Å². The van der Waals surface area contributed by atoms with E-state index in [1.54, 1.807) is 48.5 Å². The summed E-state index contributed by atoms with van der Waals surface area (Å²) in [6.07, 6.45) is 0. The van der Waals surface area contributed by atoms with Gasteiger partial charge in [-0.1, -0.05) is 89.5 Å². The smallest absolute Gasteiger partial charge is 0.414 e. The predicted octanol–water partition coefficient (Wildman–Crippen LogP) is 7.51. The van der Waals surface area contributed by atoms with Crippen LogP contribution in [0.15, 0.2) is 120 Å². The number of rotatable bonds is 9. The summed E-state index contributed by atoms with van der Waals surface area (Å²) >= 11 is 0. The molecule has 5 aromatic rings. The molecule has 1 atom stereocenters. The second kappa shape index (κ2) is 10.5. The van der Waals surface area contributed by atoms with E-state index in [1.807, 2.05) is 73.7 Å². The number of aryl methyl sites for hydroxylation is 1. The fourth-order valence-electron chi connectivity index (χ4n) is 3.57. The molecular formula is C28H24N3O4P. The minimum Gasteiger partial charge on any atom is -0.414 e. The molecule has 8 heteroatoms. The van der Waals surface area contributed by atoms with Crippen LogP contribution in [0.4, 0.5) is 6.01 Å². The fraction of sp³-hybridized carbons (Fsp3) is 0.0714. The van der Waals surface area contributed by atoms with E-state index >= 15 is 0 Å². The second-order valence-electron chi connectivity index (χ2n) is 8.08. The minimum atomic E-state index is -3.98. The molecule has 0 amide bonds. The summed E-state index contributed by atoms with van der Waals surface area (Å²) in [6.45, 7) is 1.98. The number of anilines is 1. The molecule has 1 N–H and O–H groups in total. The average Bonchev–Trinajstić information content (AvgIpc) is 3.38. The third-order valence-corrected chi connectivity index (χ3v) is 7.36. The van der Waals surface area contributed by atoms with E-state index in [0.29, 0.717) is 23.0 Å². The number of para-hydroxylation sites is 2. The number of nitrogens with zero attached hydrogens (tertiary/aromatic N) is 2. The van der Waals surface area contributed by atoms with Crippen molar-refractivity contribution in [3.63, 3.8) is 0 Å². The molecular weight excluding hydrogens is 473 g/mol. The number of hydrogen-bond acceptors (Lipinski definition) is 7. The highest BCUT2D eigenvalue weighted by molar-refractivity contribution is 7.55. The lowest BCUT2D eigenvalue weighted by Gasteiger charge is -2.28. The van der Waals surface area contributed by atoms with Gasteiger partial charge in [-0.15, -0.1) is 5.10 Å². The van der Waals surface area contributed by atoms with E-state index in [-0.39, 0.29) is 6.01 Å². The molecule has 180 valence electrons. The van der Waals surface area contributed by atoms with Gasteiger partial charge in [0.1, 0.15) is 11.5 Å². The summed E-state index contributed by atoms with van der Waals surface area (Å²) in [6, 6.07) is 35.0. The van der Waals surface area contributed by atoms with Gasteiger partial charge in [0.05, 0.1) is 0 Å². The number of aromatic nitrogens is 2. The Hall–Kier alpha value is -4.35. The number of benzene rings is 4. The number of hydrogen-bond donors (Lipinski definition) is 1. The van der Waals surface area contributed by atoms with E-state index in [1.165, 1.54) is 0 Å². The Morgan fingerprint density at radius 1 is 0.722 bits per heavy atom. The molecule has 0 aliphatic heterocycles. The van der Waals surface area contributed by atoms with Crippen LogP contribution in [0.25, 0.3) is 11.5 Å². The number of nitrogens with one attached hydrogen (secondary N) is 1. The molecule has 0 fully saturated rings. The van der Waals surface area contributed by atoms with Gasteiger partial charge in [0.15, 0.2) is 5.78 Å². The molecule has 1 unspecified atom stereocenters. The largest absolute Gasteiger partial charge is 0.457 e. The SMILES string of the molecule is Cc1ccc(C(Nc2nnc(-c3ccccc3)o2)P(=O)(Oc2ccccc2)Oc2ccccc2)cc1. The van der Waals surface area contributed by atoms with Crippen LogP contribution in [0.3, 0.4) is 0 Å². The molecule has 4 aromatic carbocycles. The van der Waals surface area contributed by atoms with Crippen molar-refractivity contribution in [2.45, 2.75) is 12.7 Å². The standard InChI is InChI=1S/C28H24N3O4P/c1-21-17-19-23(20-18-21)27(29-28-31-30-26(33-28)22-11-5-2-6-12-22)36(32,34-24-13-7-3-8-14-24)35-25-15-9-4-10-16-25/h2-20,27H,1H3,(H,29,31). The summed E-state index contributed by atoms with van der Waals surface area (Å²) in [4.78, 5) is 0. The van der Waals surface area contributed by atoms with E-state index in [4.69, 9.17) is 13.5 Å². The Bertz CT molecular complexity index is 1400. The van der Waals surface area contributed by atoms with Crippen LogP contribution < -0.4 is 14.4 Å². The molecule has 1 aromatic heterocycles. The molecule has 36 heavy (non-hydrogen) atoms. The van der Waals surface area contributed by atoms with Gasteiger partial charge < -0.3 is 18.8 Å². The average molecular weight is 497 g/mol. The van der Waals surface area contributed by atoms with E-state index < -0.39 is 13.4 Å². The van der Waals surface area contributed by atoms with Crippen LogP contribution in [0.1, 0.15) is 16.9 Å². The van der Waals surface area contributed by atoms with Crippen LogP contribution in [0.5, 0.6) is 11.5 Å². The lowest BCUT2D eigenvalue weighted by Crippen LogP contribution is -2.18. The highest BCUT2D eigenvalue weighted by Crippen LogP contribution is 2.60. The fourth-order valence-corrected chi connectivity index (χ4v) is 5.46. The maximum Gasteiger partial charge on any atom is 0.457 e. The van der Waals surface area contributed by atoms with Crippen molar-refractivity contribution in [2.24, 2.45) is 0 Å². The summed E-state index contributed by atoms with van der Waals surface area (Å²) in [7, 11) is -3.98. The van der Waals surface area contributed by atoms with Crippen LogP contribution in [0, 0.1) is 6.92 Å². The van der Waals surface area contributed by atoms with Crippen LogP contribution in [-0.4, -0.2) is 10.2 Å². The van der Waals surface area contributed by atoms with Crippen molar-refractivity contribution in [1.29, 1.82) is 0 Å². The first-order valence-electron chi connectivity index (χ1n) is 11.4. The van der Waals surface area contributed by atoms with Gasteiger partial charge in [0, 0.05) is 5.56 Å². The zero-order chi connectivity index (χ0) is 24.8. The molecule has 0 saturated heterocycles. The van der Waals surface area contributed by atoms with Crippen LogP contribution in [-0.2, 0) is 4.57 Å². The third kappa shape index (κ3) is 5.48. The second-order valence-corrected chi connectivity index (χ2v) is 10.0. The maximum atomic E-state index is 14.6. The predicted molar refractivity (Wildman–Crippen MR) is 139 cm³/mol. The molecule has 0 saturated carbocycles. The molecule has 0 aliphatic rings. The van der Waals surface area contributed by atoms with Crippen molar-refractivity contribution in [3.05, 3.63) is 126 Å². The van der Waals surface area contributed by atoms with Crippen LogP contribution >= 0.6 is 7.60 Å². The zero-order valence-electron chi connectivity index (χ0n) is 19.5. The lowest BCUT2D eigenvalue weighted by atomic mass is 10.1. The molecule has 7 nitrogen and oxygen atoms in total. The highest BCUT2D eigenvalue weighted by Gasteiger charge is 2.42. The Morgan fingerprint density at radius 3 is 1.81 bits per heavy atom. The zero-order valence-corrected chi connectivity index (χ0v) is 20.4. The van der Waals surface area contributed by atoms with E-state index in [9.17, 15) is 4.57 Å². The first-order chi connectivity index (χ1) is 17.6. The van der Waals surface area contributed by atoms with Crippen LogP contribution in [0.2, 0.25) is 0 Å². The summed E-state index contributed by atoms with van der Waals surface area (Å²) in [5.74, 6) is 0.198. The molecule has 0 spiro atoms. The van der Waals surface area contributed by atoms with Gasteiger partial charge >= 0.3 is 13.6 Å². The van der Waals surface area contributed by atoms with Gasteiger partial charge in [-0.05, 0) is 48.9 Å². The van der Waals surface area contributed by atoms with Crippen molar-refractivity contribution < 1.29 is 18.0 Å². The minimum absolute atomic E-state index is 0.0907. The van der Waals surface area contributed by atoms with E-state index in [0.717, 1.165) is 11.1 Å². The lowest BCUT2D eigenvalue weighted by molar-refractivity contribution is 0.375. The maximum absolute atomic E-state index is 14.6. The van der Waals surface area contributed by atoms with Crippen molar-refractivity contribution in [3.8, 4) is 23.0 Å². The van der Waals surface area contributed by atoms with Gasteiger partial charge in [-0.25, -0.2) is 4.57 Å².